The summed E-state index contributed by atoms with van der Waals surface area (Å²) < 4.78 is 16.0. The van der Waals surface area contributed by atoms with Crippen LogP contribution in [0.5, 0.6) is 5.75 Å². The Bertz CT molecular complexity index is 645. The molecule has 2 atom stereocenters. The Morgan fingerprint density at radius 1 is 1.31 bits per heavy atom. The molecule has 1 fully saturated rings. The Hall–Kier alpha value is -2.08. The first-order chi connectivity index (χ1) is 12.5. The molecule has 1 aliphatic rings. The van der Waals surface area contributed by atoms with Crippen LogP contribution in [0.2, 0.25) is 0 Å². The second-order valence-electron chi connectivity index (χ2n) is 6.91. The molecule has 0 spiro atoms. The fraction of sp³-hybridized carbons (Fsp3) is 0.600. The largest absolute Gasteiger partial charge is 0.496 e. The molecule has 6 heteroatoms. The van der Waals surface area contributed by atoms with Gasteiger partial charge in [0.05, 0.1) is 14.2 Å². The third-order valence-electron chi connectivity index (χ3n) is 4.81. The zero-order chi connectivity index (χ0) is 19.2. The quantitative estimate of drug-likeness (QED) is 0.746. The van der Waals surface area contributed by atoms with Gasteiger partial charge in [-0.15, -0.1) is 0 Å². The van der Waals surface area contributed by atoms with Crippen molar-refractivity contribution < 1.29 is 23.8 Å². The summed E-state index contributed by atoms with van der Waals surface area (Å²) in [5.41, 5.74) is -0.0128. The Balaban J connectivity index is 2.24. The maximum Gasteiger partial charge on any atom is 0.341 e. The number of amides is 1. The topological polar surface area (TPSA) is 73.9 Å². The summed E-state index contributed by atoms with van der Waals surface area (Å²) in [7, 11) is 2.79. The van der Waals surface area contributed by atoms with E-state index in [1.807, 2.05) is 6.92 Å². The summed E-state index contributed by atoms with van der Waals surface area (Å²) in [5.74, 6) is 0.172. The molecular formula is C20H29NO5. The van der Waals surface area contributed by atoms with Gasteiger partial charge in [0.15, 0.2) is 0 Å². The van der Waals surface area contributed by atoms with Crippen molar-refractivity contribution in [1.82, 2.24) is 0 Å². The van der Waals surface area contributed by atoms with E-state index in [0.29, 0.717) is 36.8 Å². The number of carbonyl (C=O) groups is 2. The number of methoxy groups -OCH3 is 2. The predicted octanol–water partition coefficient (Wildman–Crippen LogP) is 3.80. The fourth-order valence-electron chi connectivity index (χ4n) is 3.50. The molecule has 0 aromatic heterocycles. The van der Waals surface area contributed by atoms with E-state index in [9.17, 15) is 9.59 Å². The van der Waals surface area contributed by atoms with Crippen LogP contribution in [-0.2, 0) is 14.3 Å². The lowest BCUT2D eigenvalue weighted by molar-refractivity contribution is -0.148. The van der Waals surface area contributed by atoms with E-state index in [2.05, 4.69) is 12.2 Å². The van der Waals surface area contributed by atoms with Gasteiger partial charge in [0.1, 0.15) is 16.9 Å². The molecule has 0 bridgehead atoms. The number of rotatable bonds is 7. The van der Waals surface area contributed by atoms with E-state index in [1.54, 1.807) is 18.2 Å². The highest BCUT2D eigenvalue weighted by molar-refractivity contribution is 5.99. The van der Waals surface area contributed by atoms with E-state index < -0.39 is 11.6 Å². The van der Waals surface area contributed by atoms with Gasteiger partial charge in [-0.25, -0.2) is 4.79 Å². The molecule has 26 heavy (non-hydrogen) atoms. The average molecular weight is 363 g/mol. The van der Waals surface area contributed by atoms with Crippen LogP contribution < -0.4 is 10.1 Å². The predicted molar refractivity (Wildman–Crippen MR) is 99.6 cm³/mol. The summed E-state index contributed by atoms with van der Waals surface area (Å²) >= 11 is 0. The van der Waals surface area contributed by atoms with Gasteiger partial charge >= 0.3 is 5.97 Å². The molecule has 2 rings (SSSR count). The van der Waals surface area contributed by atoms with Gasteiger partial charge in [-0.2, -0.15) is 0 Å². The van der Waals surface area contributed by atoms with Crippen LogP contribution in [0.25, 0.3) is 0 Å². The first kappa shape index (κ1) is 20.2. The fourth-order valence-corrected chi connectivity index (χ4v) is 3.50. The minimum atomic E-state index is -0.807. The number of esters is 1. The molecule has 6 nitrogen and oxygen atoms in total. The van der Waals surface area contributed by atoms with Crippen molar-refractivity contribution in [2.45, 2.75) is 51.6 Å². The molecule has 1 amide bonds. The van der Waals surface area contributed by atoms with Gasteiger partial charge < -0.3 is 19.5 Å². The minimum absolute atomic E-state index is 0.154. The lowest BCUT2D eigenvalue weighted by Crippen LogP contribution is -2.48. The van der Waals surface area contributed by atoms with Crippen molar-refractivity contribution in [1.29, 1.82) is 0 Å². The highest BCUT2D eigenvalue weighted by Gasteiger charge is 2.42. The zero-order valence-corrected chi connectivity index (χ0v) is 16.1. The normalized spacial score (nSPS) is 22.5. The van der Waals surface area contributed by atoms with E-state index >= 15 is 0 Å². The molecule has 1 aromatic rings. The number of hydrogen-bond donors (Lipinski definition) is 1. The van der Waals surface area contributed by atoms with E-state index in [0.717, 1.165) is 19.3 Å². The molecule has 1 saturated carbocycles. The van der Waals surface area contributed by atoms with Crippen molar-refractivity contribution in [3.8, 4) is 5.75 Å². The number of anilines is 1. The number of hydrogen-bond acceptors (Lipinski definition) is 5. The van der Waals surface area contributed by atoms with Crippen molar-refractivity contribution in [3.63, 3.8) is 0 Å². The van der Waals surface area contributed by atoms with Crippen LogP contribution in [0.4, 0.5) is 5.69 Å². The van der Waals surface area contributed by atoms with Crippen molar-refractivity contribution in [2.75, 3.05) is 26.1 Å². The molecule has 1 aromatic carbocycles. The molecule has 0 heterocycles. The first-order valence-corrected chi connectivity index (χ1v) is 9.17. The third kappa shape index (κ3) is 4.55. The lowest BCUT2D eigenvalue weighted by Gasteiger charge is -2.38. The SMILES string of the molecule is CCCO[C@]1(C(=O)Nc2ccc(OC)c(C(=O)OC)c2)CCC[C@@H](C)C1. The summed E-state index contributed by atoms with van der Waals surface area (Å²) in [6, 6.07) is 4.93. The second kappa shape index (κ2) is 9.03. The molecular weight excluding hydrogens is 334 g/mol. The second-order valence-corrected chi connectivity index (χ2v) is 6.91. The molecule has 1 aliphatic carbocycles. The monoisotopic (exact) mass is 363 g/mol. The van der Waals surface area contributed by atoms with Gasteiger partial charge in [0, 0.05) is 12.3 Å². The number of nitrogens with one attached hydrogen (secondary N) is 1. The average Bonchev–Trinajstić information content (AvgIpc) is 2.65. The zero-order valence-electron chi connectivity index (χ0n) is 16.1. The molecule has 0 radical (unpaired) electrons. The van der Waals surface area contributed by atoms with Crippen molar-refractivity contribution >= 4 is 17.6 Å². The Labute approximate surface area is 155 Å². The molecule has 1 N–H and O–H groups in total. The molecule has 144 valence electrons. The van der Waals surface area contributed by atoms with Gasteiger partial charge in [0.2, 0.25) is 0 Å². The third-order valence-corrected chi connectivity index (χ3v) is 4.81. The summed E-state index contributed by atoms with van der Waals surface area (Å²) in [5, 5.41) is 2.93. The molecule has 0 unspecified atom stereocenters. The number of carbonyl (C=O) groups excluding carboxylic acids is 2. The Kier molecular flexibility index (Phi) is 7.03. The minimum Gasteiger partial charge on any atom is -0.496 e. The van der Waals surface area contributed by atoms with E-state index in [1.165, 1.54) is 14.2 Å². The highest BCUT2D eigenvalue weighted by Crippen LogP contribution is 2.36. The number of benzene rings is 1. The van der Waals surface area contributed by atoms with Crippen LogP contribution >= 0.6 is 0 Å². The molecule has 0 aliphatic heterocycles. The Morgan fingerprint density at radius 3 is 2.69 bits per heavy atom. The Morgan fingerprint density at radius 2 is 2.08 bits per heavy atom. The highest BCUT2D eigenvalue weighted by atomic mass is 16.5. The van der Waals surface area contributed by atoms with Crippen LogP contribution in [0.3, 0.4) is 0 Å². The smallest absolute Gasteiger partial charge is 0.341 e. The standard InChI is InChI=1S/C20H29NO5/c1-5-11-26-20(10-6-7-14(2)13-20)19(23)21-15-8-9-17(24-3)16(12-15)18(22)25-4/h8-9,12,14H,5-7,10-11,13H2,1-4H3,(H,21,23)/t14-,20-/m1/s1. The summed E-state index contributed by atoms with van der Waals surface area (Å²) in [6.45, 7) is 4.74. The van der Waals surface area contributed by atoms with Crippen molar-refractivity contribution in [3.05, 3.63) is 23.8 Å². The maximum atomic E-state index is 13.1. The number of ether oxygens (including phenoxy) is 3. The van der Waals surface area contributed by atoms with Crippen LogP contribution in [0, 0.1) is 5.92 Å². The summed E-state index contributed by atoms with van der Waals surface area (Å²) in [4.78, 5) is 25.0. The van der Waals surface area contributed by atoms with Gasteiger partial charge in [-0.3, -0.25) is 4.79 Å². The summed E-state index contributed by atoms with van der Waals surface area (Å²) in [6.07, 6.45) is 4.36. The van der Waals surface area contributed by atoms with Gasteiger partial charge in [0.25, 0.3) is 5.91 Å². The van der Waals surface area contributed by atoms with Gasteiger partial charge in [-0.1, -0.05) is 20.3 Å². The van der Waals surface area contributed by atoms with E-state index in [4.69, 9.17) is 14.2 Å². The van der Waals surface area contributed by atoms with Crippen LogP contribution in [0.1, 0.15) is 56.3 Å². The van der Waals surface area contributed by atoms with Crippen LogP contribution in [0.15, 0.2) is 18.2 Å². The maximum absolute atomic E-state index is 13.1. The van der Waals surface area contributed by atoms with Crippen molar-refractivity contribution in [2.24, 2.45) is 5.92 Å². The molecule has 0 saturated heterocycles. The van der Waals surface area contributed by atoms with Crippen LogP contribution in [-0.4, -0.2) is 38.3 Å². The van der Waals surface area contributed by atoms with E-state index in [-0.39, 0.29) is 11.5 Å². The lowest BCUT2D eigenvalue weighted by atomic mass is 9.78. The first-order valence-electron chi connectivity index (χ1n) is 9.17. The van der Waals surface area contributed by atoms with Gasteiger partial charge in [-0.05, 0) is 49.8 Å².